The van der Waals surface area contributed by atoms with Gasteiger partial charge in [0.05, 0.1) is 5.41 Å². The first-order valence-corrected chi connectivity index (χ1v) is 5.51. The minimum absolute atomic E-state index is 0.502. The molecule has 0 saturated carbocycles. The van der Waals surface area contributed by atoms with E-state index in [-0.39, 0.29) is 0 Å². The van der Waals surface area contributed by atoms with Crippen LogP contribution in [0.2, 0.25) is 0 Å². The Bertz CT molecular complexity index is 190. The van der Waals surface area contributed by atoms with Gasteiger partial charge in [-0.15, -0.1) is 0 Å². The third-order valence-corrected chi connectivity index (χ3v) is 3.00. The maximum atomic E-state index is 11.1. The third-order valence-electron chi connectivity index (χ3n) is 3.00. The van der Waals surface area contributed by atoms with E-state index < -0.39 is 11.4 Å². The molecule has 0 aromatic heterocycles. The zero-order chi connectivity index (χ0) is 11.0. The molecule has 0 aromatic carbocycles. The number of allylic oxidation sites excluding steroid dienone is 2. The molecule has 0 rings (SSSR count). The van der Waals surface area contributed by atoms with Crippen molar-refractivity contribution in [3.05, 3.63) is 12.2 Å². The van der Waals surface area contributed by atoms with E-state index in [1.807, 2.05) is 13.8 Å². The molecule has 14 heavy (non-hydrogen) atoms. The summed E-state index contributed by atoms with van der Waals surface area (Å²) in [6.07, 6.45) is 8.28. The molecular weight excluding hydrogens is 176 g/mol. The highest BCUT2D eigenvalue weighted by atomic mass is 16.4. The maximum absolute atomic E-state index is 11.1. The lowest BCUT2D eigenvalue weighted by Crippen LogP contribution is -2.29. The Hall–Kier alpha value is -0.790. The van der Waals surface area contributed by atoms with Crippen molar-refractivity contribution in [3.63, 3.8) is 0 Å². The fourth-order valence-corrected chi connectivity index (χ4v) is 1.66. The number of carboxylic acids is 1. The van der Waals surface area contributed by atoms with E-state index in [4.69, 9.17) is 5.11 Å². The molecule has 0 bridgehead atoms. The van der Waals surface area contributed by atoms with Crippen molar-refractivity contribution in [1.29, 1.82) is 0 Å². The van der Waals surface area contributed by atoms with Gasteiger partial charge in [-0.3, -0.25) is 4.79 Å². The minimum atomic E-state index is -0.646. The first-order chi connectivity index (χ1) is 6.63. The first-order valence-electron chi connectivity index (χ1n) is 5.51. The fraction of sp³-hybridized carbons (Fsp3) is 0.750. The van der Waals surface area contributed by atoms with Crippen LogP contribution in [-0.2, 0) is 4.79 Å². The molecule has 0 heterocycles. The summed E-state index contributed by atoms with van der Waals surface area (Å²) in [4.78, 5) is 11.1. The van der Waals surface area contributed by atoms with Gasteiger partial charge in [0.25, 0.3) is 0 Å². The molecule has 1 N–H and O–H groups in total. The maximum Gasteiger partial charge on any atom is 0.309 e. The monoisotopic (exact) mass is 198 g/mol. The van der Waals surface area contributed by atoms with Crippen LogP contribution in [0.15, 0.2) is 12.2 Å². The lowest BCUT2D eigenvalue weighted by molar-refractivity contribution is -0.149. The Kier molecular flexibility index (Phi) is 6.26. The average Bonchev–Trinajstić information content (AvgIpc) is 2.18. The highest BCUT2D eigenvalue weighted by molar-refractivity contribution is 5.74. The van der Waals surface area contributed by atoms with Gasteiger partial charge >= 0.3 is 5.97 Å². The van der Waals surface area contributed by atoms with Crippen molar-refractivity contribution in [2.45, 2.75) is 52.9 Å². The van der Waals surface area contributed by atoms with Gasteiger partial charge in [-0.2, -0.15) is 0 Å². The van der Waals surface area contributed by atoms with Crippen LogP contribution in [0, 0.1) is 5.41 Å². The molecule has 82 valence electrons. The second kappa shape index (κ2) is 6.63. The van der Waals surface area contributed by atoms with Crippen LogP contribution in [0.25, 0.3) is 0 Å². The number of carboxylic acid groups (broad SMARTS) is 1. The summed E-state index contributed by atoms with van der Waals surface area (Å²) in [5.41, 5.74) is -0.502. The van der Waals surface area contributed by atoms with Gasteiger partial charge in [-0.25, -0.2) is 0 Å². The smallest absolute Gasteiger partial charge is 0.309 e. The number of hydrogen-bond donors (Lipinski definition) is 1. The molecule has 0 aliphatic carbocycles. The molecule has 2 heteroatoms. The van der Waals surface area contributed by atoms with Crippen molar-refractivity contribution < 1.29 is 9.90 Å². The summed E-state index contributed by atoms with van der Waals surface area (Å²) in [5.74, 6) is -0.646. The highest BCUT2D eigenvalue weighted by Crippen LogP contribution is 2.32. The zero-order valence-corrected chi connectivity index (χ0v) is 9.55. The van der Waals surface area contributed by atoms with Crippen LogP contribution in [0.1, 0.15) is 52.9 Å². The summed E-state index contributed by atoms with van der Waals surface area (Å²) >= 11 is 0. The Balaban J connectivity index is 4.22. The van der Waals surface area contributed by atoms with Crippen LogP contribution in [0.3, 0.4) is 0 Å². The fourth-order valence-electron chi connectivity index (χ4n) is 1.66. The van der Waals surface area contributed by atoms with Crippen molar-refractivity contribution >= 4 is 5.97 Å². The Labute approximate surface area is 87.0 Å². The molecule has 0 amide bonds. The van der Waals surface area contributed by atoms with E-state index in [2.05, 4.69) is 19.1 Å². The van der Waals surface area contributed by atoms with Crippen LogP contribution >= 0.6 is 0 Å². The van der Waals surface area contributed by atoms with Crippen LogP contribution in [-0.4, -0.2) is 11.1 Å². The van der Waals surface area contributed by atoms with Crippen molar-refractivity contribution in [3.8, 4) is 0 Å². The normalized spacial score (nSPS) is 12.2. The van der Waals surface area contributed by atoms with E-state index in [0.717, 1.165) is 32.1 Å². The number of aliphatic carboxylic acids is 1. The lowest BCUT2D eigenvalue weighted by atomic mass is 9.78. The Morgan fingerprint density at radius 2 is 1.79 bits per heavy atom. The van der Waals surface area contributed by atoms with Gasteiger partial charge in [0, 0.05) is 0 Å². The van der Waals surface area contributed by atoms with Gasteiger partial charge in [0.15, 0.2) is 0 Å². The summed E-state index contributed by atoms with van der Waals surface area (Å²) in [7, 11) is 0. The van der Waals surface area contributed by atoms with Gasteiger partial charge in [-0.05, 0) is 32.1 Å². The number of carbonyl (C=O) groups is 1. The molecule has 0 saturated heterocycles. The molecule has 0 unspecified atom stereocenters. The van der Waals surface area contributed by atoms with Gasteiger partial charge < -0.3 is 5.11 Å². The Morgan fingerprint density at radius 3 is 2.14 bits per heavy atom. The van der Waals surface area contributed by atoms with Crippen LogP contribution in [0.5, 0.6) is 0 Å². The molecule has 0 atom stereocenters. The van der Waals surface area contributed by atoms with Gasteiger partial charge in [0.2, 0.25) is 0 Å². The van der Waals surface area contributed by atoms with E-state index in [1.165, 1.54) is 0 Å². The largest absolute Gasteiger partial charge is 0.481 e. The van der Waals surface area contributed by atoms with Crippen molar-refractivity contribution in [2.24, 2.45) is 5.41 Å². The van der Waals surface area contributed by atoms with Gasteiger partial charge in [0.1, 0.15) is 0 Å². The third kappa shape index (κ3) is 3.52. The first kappa shape index (κ1) is 13.2. The molecule has 0 aliphatic heterocycles. The predicted octanol–water partition coefficient (Wildman–Crippen LogP) is 3.62. The zero-order valence-electron chi connectivity index (χ0n) is 9.55. The van der Waals surface area contributed by atoms with Crippen LogP contribution < -0.4 is 0 Å². The molecular formula is C12H22O2. The van der Waals surface area contributed by atoms with E-state index in [1.54, 1.807) is 0 Å². The molecule has 0 spiro atoms. The molecule has 0 fully saturated rings. The van der Waals surface area contributed by atoms with Crippen molar-refractivity contribution in [1.82, 2.24) is 0 Å². The summed E-state index contributed by atoms with van der Waals surface area (Å²) in [6.45, 7) is 6.00. The molecule has 0 aromatic rings. The minimum Gasteiger partial charge on any atom is -0.481 e. The standard InChI is InChI=1S/C12H22O2/c1-4-7-8-9-10-12(5-2,6-3)11(13)14/h7-8H,4-6,9-10H2,1-3H3,(H,13,14). The predicted molar refractivity (Wildman–Crippen MR) is 59.3 cm³/mol. The molecule has 2 nitrogen and oxygen atoms in total. The van der Waals surface area contributed by atoms with Crippen molar-refractivity contribution in [2.75, 3.05) is 0 Å². The summed E-state index contributed by atoms with van der Waals surface area (Å²) in [5, 5.41) is 9.16. The van der Waals surface area contributed by atoms with E-state index in [9.17, 15) is 4.79 Å². The number of rotatable bonds is 7. The highest BCUT2D eigenvalue weighted by Gasteiger charge is 2.33. The SMILES string of the molecule is CCC=CCCC(CC)(CC)C(=O)O. The molecule has 0 aliphatic rings. The van der Waals surface area contributed by atoms with Crippen LogP contribution in [0.4, 0.5) is 0 Å². The summed E-state index contributed by atoms with van der Waals surface area (Å²) in [6, 6.07) is 0. The second-order valence-electron chi connectivity index (χ2n) is 3.71. The quantitative estimate of drug-likeness (QED) is 0.634. The lowest BCUT2D eigenvalue weighted by Gasteiger charge is -2.25. The van der Waals surface area contributed by atoms with Gasteiger partial charge in [-0.1, -0.05) is 32.9 Å². The average molecular weight is 198 g/mol. The molecule has 0 radical (unpaired) electrons. The second-order valence-corrected chi connectivity index (χ2v) is 3.71. The topological polar surface area (TPSA) is 37.3 Å². The number of hydrogen-bond acceptors (Lipinski definition) is 1. The van der Waals surface area contributed by atoms with E-state index in [0.29, 0.717) is 0 Å². The Morgan fingerprint density at radius 1 is 1.21 bits per heavy atom. The van der Waals surface area contributed by atoms with E-state index >= 15 is 0 Å². The summed E-state index contributed by atoms with van der Waals surface area (Å²) < 4.78 is 0.